The molecule has 1 aromatic rings. The second kappa shape index (κ2) is 4.94. The number of aryl methyl sites for hydroxylation is 1. The zero-order valence-corrected chi connectivity index (χ0v) is 12.9. The third-order valence-electron chi connectivity index (χ3n) is 2.10. The monoisotopic (exact) mass is 319 g/mol. The molecule has 0 aliphatic rings. The molecule has 5 heteroatoms. The van der Waals surface area contributed by atoms with Gasteiger partial charge in [-0.25, -0.2) is 9.78 Å². The van der Waals surface area contributed by atoms with E-state index in [1.807, 2.05) is 20.8 Å². The molecular formula is C12H15BrClNO2. The number of carbonyl (C=O) groups is 1. The molecule has 1 aromatic heterocycles. The second-order valence-corrected chi connectivity index (χ2v) is 5.93. The van der Waals surface area contributed by atoms with E-state index in [9.17, 15) is 4.79 Å². The van der Waals surface area contributed by atoms with E-state index in [0.717, 1.165) is 0 Å². The standard InChI is InChI=1S/C12H15BrClNO2/c1-6-8(11(16)17-12(3,4)5)10(13)15-7(2)9(6)14/h1-5H3. The van der Waals surface area contributed by atoms with Crippen LogP contribution in [0.4, 0.5) is 0 Å². The average Bonchev–Trinajstić information content (AvgIpc) is 2.11. The summed E-state index contributed by atoms with van der Waals surface area (Å²) in [5.74, 6) is -0.420. The largest absolute Gasteiger partial charge is 0.456 e. The fourth-order valence-corrected chi connectivity index (χ4v) is 2.22. The Morgan fingerprint density at radius 3 is 2.35 bits per heavy atom. The highest BCUT2D eigenvalue weighted by Crippen LogP contribution is 2.28. The molecule has 0 N–H and O–H groups in total. The lowest BCUT2D eigenvalue weighted by Gasteiger charge is -2.21. The number of esters is 1. The van der Waals surface area contributed by atoms with Crippen LogP contribution in [0.3, 0.4) is 0 Å². The van der Waals surface area contributed by atoms with Gasteiger partial charge in [0.15, 0.2) is 0 Å². The van der Waals surface area contributed by atoms with E-state index in [4.69, 9.17) is 16.3 Å². The van der Waals surface area contributed by atoms with Crippen molar-refractivity contribution >= 4 is 33.5 Å². The van der Waals surface area contributed by atoms with Crippen molar-refractivity contribution in [2.45, 2.75) is 40.2 Å². The van der Waals surface area contributed by atoms with E-state index in [0.29, 0.717) is 26.4 Å². The maximum absolute atomic E-state index is 12.0. The zero-order valence-electron chi connectivity index (χ0n) is 10.5. The van der Waals surface area contributed by atoms with Gasteiger partial charge in [0, 0.05) is 0 Å². The Labute approximate surface area is 115 Å². The first-order chi connectivity index (χ1) is 7.63. The first kappa shape index (κ1) is 14.5. The molecule has 0 aliphatic carbocycles. The van der Waals surface area contributed by atoms with E-state index in [1.54, 1.807) is 13.8 Å². The van der Waals surface area contributed by atoms with E-state index < -0.39 is 11.6 Å². The first-order valence-electron chi connectivity index (χ1n) is 5.19. The van der Waals surface area contributed by atoms with Gasteiger partial charge in [-0.2, -0.15) is 0 Å². The zero-order chi connectivity index (χ0) is 13.4. The Morgan fingerprint density at radius 1 is 1.35 bits per heavy atom. The normalized spacial score (nSPS) is 11.5. The molecular weight excluding hydrogens is 305 g/mol. The third kappa shape index (κ3) is 3.42. The summed E-state index contributed by atoms with van der Waals surface area (Å²) in [6.45, 7) is 9.02. The fourth-order valence-electron chi connectivity index (χ4n) is 1.35. The number of hydrogen-bond donors (Lipinski definition) is 0. The highest BCUT2D eigenvalue weighted by atomic mass is 79.9. The highest BCUT2D eigenvalue weighted by molar-refractivity contribution is 9.10. The van der Waals surface area contributed by atoms with Crippen molar-refractivity contribution in [2.75, 3.05) is 0 Å². The molecule has 1 rings (SSSR count). The predicted octanol–water partition coefficient (Wildman–Crippen LogP) is 4.07. The summed E-state index contributed by atoms with van der Waals surface area (Å²) >= 11 is 9.35. The number of ether oxygens (including phenoxy) is 1. The van der Waals surface area contributed by atoms with E-state index >= 15 is 0 Å². The van der Waals surface area contributed by atoms with Crippen LogP contribution in [0.25, 0.3) is 0 Å². The van der Waals surface area contributed by atoms with E-state index in [1.165, 1.54) is 0 Å². The van der Waals surface area contributed by atoms with E-state index in [-0.39, 0.29) is 0 Å². The van der Waals surface area contributed by atoms with Gasteiger partial charge in [-0.3, -0.25) is 0 Å². The van der Waals surface area contributed by atoms with Gasteiger partial charge in [0.25, 0.3) is 0 Å². The number of hydrogen-bond acceptors (Lipinski definition) is 3. The minimum Gasteiger partial charge on any atom is -0.456 e. The summed E-state index contributed by atoms with van der Waals surface area (Å²) in [6, 6.07) is 0. The molecule has 3 nitrogen and oxygen atoms in total. The lowest BCUT2D eigenvalue weighted by molar-refractivity contribution is 0.00671. The van der Waals surface area contributed by atoms with Crippen LogP contribution in [0.2, 0.25) is 5.02 Å². The SMILES string of the molecule is Cc1nc(Br)c(C(=O)OC(C)(C)C)c(C)c1Cl. The molecule has 0 bridgehead atoms. The molecule has 17 heavy (non-hydrogen) atoms. The van der Waals surface area contributed by atoms with Crippen molar-refractivity contribution in [1.29, 1.82) is 0 Å². The molecule has 0 aliphatic heterocycles. The van der Waals surface area contributed by atoms with Crippen LogP contribution in [-0.4, -0.2) is 16.6 Å². The molecule has 0 amide bonds. The minimum atomic E-state index is -0.541. The van der Waals surface area contributed by atoms with Gasteiger partial charge in [0.2, 0.25) is 0 Å². The van der Waals surface area contributed by atoms with Crippen LogP contribution in [0.1, 0.15) is 42.4 Å². The molecule has 0 radical (unpaired) electrons. The Bertz CT molecular complexity index is 467. The van der Waals surface area contributed by atoms with Crippen LogP contribution >= 0.6 is 27.5 Å². The predicted molar refractivity (Wildman–Crippen MR) is 71.6 cm³/mol. The van der Waals surface area contributed by atoms with Crippen LogP contribution in [0.5, 0.6) is 0 Å². The summed E-state index contributed by atoms with van der Waals surface area (Å²) in [4.78, 5) is 16.2. The number of aromatic nitrogens is 1. The quantitative estimate of drug-likeness (QED) is 0.578. The lowest BCUT2D eigenvalue weighted by Crippen LogP contribution is -2.25. The molecule has 0 fully saturated rings. The van der Waals surface area contributed by atoms with Crippen molar-refractivity contribution in [3.05, 3.63) is 26.4 Å². The Balaban J connectivity index is 3.24. The Morgan fingerprint density at radius 2 is 1.88 bits per heavy atom. The summed E-state index contributed by atoms with van der Waals surface area (Å²) in [5, 5.41) is 0.494. The van der Waals surface area contributed by atoms with Gasteiger partial charge in [0.05, 0.1) is 16.3 Å². The summed E-state index contributed by atoms with van der Waals surface area (Å²) in [5.41, 5.74) is 1.21. The number of pyridine rings is 1. The van der Waals surface area contributed by atoms with Gasteiger partial charge in [-0.1, -0.05) is 11.6 Å². The van der Waals surface area contributed by atoms with Crippen molar-refractivity contribution < 1.29 is 9.53 Å². The summed E-state index contributed by atoms with van der Waals surface area (Å²) in [6.07, 6.45) is 0. The van der Waals surface area contributed by atoms with Gasteiger partial charge < -0.3 is 4.74 Å². The molecule has 0 spiro atoms. The van der Waals surface area contributed by atoms with Crippen molar-refractivity contribution in [2.24, 2.45) is 0 Å². The minimum absolute atomic E-state index is 0.385. The first-order valence-corrected chi connectivity index (χ1v) is 6.36. The van der Waals surface area contributed by atoms with Crippen molar-refractivity contribution in [3.63, 3.8) is 0 Å². The van der Waals surface area contributed by atoms with Crippen molar-refractivity contribution in [3.8, 4) is 0 Å². The number of halogens is 2. The Hall–Kier alpha value is -0.610. The summed E-state index contributed by atoms with van der Waals surface area (Å²) in [7, 11) is 0. The number of nitrogens with zero attached hydrogens (tertiary/aromatic N) is 1. The second-order valence-electron chi connectivity index (χ2n) is 4.80. The third-order valence-corrected chi connectivity index (χ3v) is 3.23. The van der Waals surface area contributed by atoms with Gasteiger partial charge in [-0.15, -0.1) is 0 Å². The van der Waals surface area contributed by atoms with Crippen LogP contribution in [0, 0.1) is 13.8 Å². The van der Waals surface area contributed by atoms with E-state index in [2.05, 4.69) is 20.9 Å². The molecule has 0 unspecified atom stereocenters. The topological polar surface area (TPSA) is 39.2 Å². The lowest BCUT2D eigenvalue weighted by atomic mass is 10.1. The van der Waals surface area contributed by atoms with Gasteiger partial charge in [0.1, 0.15) is 10.2 Å². The molecule has 0 saturated heterocycles. The highest BCUT2D eigenvalue weighted by Gasteiger charge is 2.24. The van der Waals surface area contributed by atoms with Crippen LogP contribution in [0.15, 0.2) is 4.60 Å². The van der Waals surface area contributed by atoms with Gasteiger partial charge in [-0.05, 0) is 56.1 Å². The smallest absolute Gasteiger partial charge is 0.341 e. The molecule has 0 atom stereocenters. The number of rotatable bonds is 1. The average molecular weight is 321 g/mol. The molecule has 0 aromatic carbocycles. The summed E-state index contributed by atoms with van der Waals surface area (Å²) < 4.78 is 5.78. The molecule has 1 heterocycles. The van der Waals surface area contributed by atoms with Crippen LogP contribution < -0.4 is 0 Å². The maximum Gasteiger partial charge on any atom is 0.341 e. The number of carbonyl (C=O) groups excluding carboxylic acids is 1. The Kier molecular flexibility index (Phi) is 4.20. The maximum atomic E-state index is 12.0. The van der Waals surface area contributed by atoms with Crippen molar-refractivity contribution in [1.82, 2.24) is 4.98 Å². The fraction of sp³-hybridized carbons (Fsp3) is 0.500. The molecule has 94 valence electrons. The van der Waals surface area contributed by atoms with Crippen LogP contribution in [-0.2, 0) is 4.74 Å². The molecule has 0 saturated carbocycles. The van der Waals surface area contributed by atoms with Gasteiger partial charge >= 0.3 is 5.97 Å².